The summed E-state index contributed by atoms with van der Waals surface area (Å²) in [4.78, 5) is 27.5. The molecule has 1 heterocycles. The summed E-state index contributed by atoms with van der Waals surface area (Å²) in [7, 11) is 0. The molecule has 0 atom stereocenters. The van der Waals surface area contributed by atoms with Crippen LogP contribution in [0.4, 0.5) is 0 Å². The van der Waals surface area contributed by atoms with Crippen molar-refractivity contribution in [3.8, 4) is 0 Å². The van der Waals surface area contributed by atoms with Gasteiger partial charge in [-0.25, -0.2) is 4.98 Å². The third-order valence-electron chi connectivity index (χ3n) is 2.61. The Hall–Kier alpha value is -1.62. The van der Waals surface area contributed by atoms with Crippen molar-refractivity contribution in [2.45, 2.75) is 33.1 Å². The zero-order valence-corrected chi connectivity index (χ0v) is 13.0. The number of pyridine rings is 1. The molecule has 0 fully saturated rings. The van der Waals surface area contributed by atoms with Gasteiger partial charge in [-0.3, -0.25) is 9.59 Å². The first kappa shape index (κ1) is 16.4. The summed E-state index contributed by atoms with van der Waals surface area (Å²) >= 11 is 5.94. The van der Waals surface area contributed by atoms with Gasteiger partial charge in [-0.2, -0.15) is 0 Å². The molecule has 0 saturated heterocycles. The predicted molar refractivity (Wildman–Crippen MR) is 79.0 cm³/mol. The van der Waals surface area contributed by atoms with E-state index < -0.39 is 0 Å². The molecule has 2 N–H and O–H groups in total. The Labute approximate surface area is 124 Å². The molecule has 0 aliphatic rings. The molecule has 0 unspecified atom stereocenters. The first-order valence-corrected chi connectivity index (χ1v) is 6.84. The van der Waals surface area contributed by atoms with Crippen molar-refractivity contribution in [3.63, 3.8) is 0 Å². The standard InChI is InChI=1S/C14H20ClN3O2/c1-5-16-12(19)8-17-13(20)9-6-10(14(2,3)4)18-11(15)7-9/h6-7H,5,8H2,1-4H3,(H,16,19)(H,17,20). The Morgan fingerprint density at radius 1 is 1.25 bits per heavy atom. The SMILES string of the molecule is CCNC(=O)CNC(=O)c1cc(Cl)nc(C(C)(C)C)c1. The van der Waals surface area contributed by atoms with Crippen LogP contribution in [-0.4, -0.2) is 29.9 Å². The van der Waals surface area contributed by atoms with E-state index in [9.17, 15) is 9.59 Å². The maximum atomic E-state index is 12.0. The molecule has 110 valence electrons. The summed E-state index contributed by atoms with van der Waals surface area (Å²) in [6, 6.07) is 3.18. The molecule has 0 aliphatic carbocycles. The van der Waals surface area contributed by atoms with Crippen LogP contribution >= 0.6 is 11.6 Å². The summed E-state index contributed by atoms with van der Waals surface area (Å²) in [6.07, 6.45) is 0. The van der Waals surface area contributed by atoms with Crippen LogP contribution in [0.3, 0.4) is 0 Å². The molecule has 0 saturated carbocycles. The minimum atomic E-state index is -0.342. The number of amides is 2. The van der Waals surface area contributed by atoms with Crippen molar-refractivity contribution in [3.05, 3.63) is 28.5 Å². The van der Waals surface area contributed by atoms with E-state index in [2.05, 4.69) is 15.6 Å². The van der Waals surface area contributed by atoms with E-state index in [0.717, 1.165) is 5.69 Å². The molecule has 0 aromatic carbocycles. The third kappa shape index (κ3) is 4.81. The fourth-order valence-corrected chi connectivity index (χ4v) is 1.74. The van der Waals surface area contributed by atoms with Crippen molar-refractivity contribution in [2.24, 2.45) is 0 Å². The number of rotatable bonds is 4. The number of carbonyl (C=O) groups excluding carboxylic acids is 2. The molecule has 2 amide bonds. The van der Waals surface area contributed by atoms with Gasteiger partial charge in [0.2, 0.25) is 5.91 Å². The molecular formula is C14H20ClN3O2. The summed E-state index contributed by atoms with van der Waals surface area (Å²) in [6.45, 7) is 8.26. The van der Waals surface area contributed by atoms with E-state index >= 15 is 0 Å². The van der Waals surface area contributed by atoms with Gasteiger partial charge in [0.1, 0.15) is 5.15 Å². The first-order valence-electron chi connectivity index (χ1n) is 6.47. The lowest BCUT2D eigenvalue weighted by Gasteiger charge is -2.18. The summed E-state index contributed by atoms with van der Waals surface area (Å²) in [5.74, 6) is -0.567. The van der Waals surface area contributed by atoms with Crippen LogP contribution in [0.25, 0.3) is 0 Å². The first-order chi connectivity index (χ1) is 9.24. The van der Waals surface area contributed by atoms with Gasteiger partial charge in [0.25, 0.3) is 5.91 Å². The minimum absolute atomic E-state index is 0.0581. The number of nitrogens with zero attached hydrogens (tertiary/aromatic N) is 1. The normalized spacial score (nSPS) is 11.1. The smallest absolute Gasteiger partial charge is 0.251 e. The summed E-state index contributed by atoms with van der Waals surface area (Å²) in [5.41, 5.74) is 0.923. The van der Waals surface area contributed by atoms with Crippen LogP contribution in [0.1, 0.15) is 43.7 Å². The van der Waals surface area contributed by atoms with Crippen molar-refractivity contribution >= 4 is 23.4 Å². The Bertz CT molecular complexity index is 510. The Kier molecular flexibility index (Phi) is 5.51. The largest absolute Gasteiger partial charge is 0.355 e. The van der Waals surface area contributed by atoms with Gasteiger partial charge in [-0.1, -0.05) is 32.4 Å². The summed E-state index contributed by atoms with van der Waals surface area (Å²) in [5, 5.41) is 5.42. The highest BCUT2D eigenvalue weighted by Crippen LogP contribution is 2.23. The molecule has 5 nitrogen and oxygen atoms in total. The molecule has 1 aromatic rings. The van der Waals surface area contributed by atoms with Gasteiger partial charge < -0.3 is 10.6 Å². The predicted octanol–water partition coefficient (Wildman–Crippen LogP) is 1.90. The molecule has 0 radical (unpaired) electrons. The fourth-order valence-electron chi connectivity index (χ4n) is 1.53. The fraction of sp³-hybridized carbons (Fsp3) is 0.500. The van der Waals surface area contributed by atoms with Crippen LogP contribution < -0.4 is 10.6 Å². The van der Waals surface area contributed by atoms with Gasteiger partial charge in [-0.15, -0.1) is 0 Å². The van der Waals surface area contributed by atoms with E-state index in [1.54, 1.807) is 6.07 Å². The molecule has 0 aliphatic heterocycles. The molecule has 0 spiro atoms. The molecular weight excluding hydrogens is 278 g/mol. The van der Waals surface area contributed by atoms with Crippen LogP contribution in [-0.2, 0) is 10.2 Å². The third-order valence-corrected chi connectivity index (χ3v) is 2.80. The van der Waals surface area contributed by atoms with Crippen molar-refractivity contribution in [1.29, 1.82) is 0 Å². The Morgan fingerprint density at radius 3 is 2.45 bits per heavy atom. The van der Waals surface area contributed by atoms with Crippen molar-refractivity contribution < 1.29 is 9.59 Å². The number of nitrogens with one attached hydrogen (secondary N) is 2. The quantitative estimate of drug-likeness (QED) is 0.834. The molecule has 20 heavy (non-hydrogen) atoms. The van der Waals surface area contributed by atoms with Gasteiger partial charge in [0.05, 0.1) is 6.54 Å². The van der Waals surface area contributed by atoms with Crippen LogP contribution in [0.15, 0.2) is 12.1 Å². The number of hydrogen-bond acceptors (Lipinski definition) is 3. The monoisotopic (exact) mass is 297 g/mol. The number of aromatic nitrogens is 1. The highest BCUT2D eigenvalue weighted by Gasteiger charge is 2.19. The average molecular weight is 298 g/mol. The van der Waals surface area contributed by atoms with E-state index in [0.29, 0.717) is 12.1 Å². The topological polar surface area (TPSA) is 71.1 Å². The number of halogens is 1. The second kappa shape index (κ2) is 6.70. The number of carbonyl (C=O) groups is 2. The lowest BCUT2D eigenvalue weighted by molar-refractivity contribution is -0.120. The molecule has 1 rings (SSSR count). The Morgan fingerprint density at radius 2 is 1.90 bits per heavy atom. The van der Waals surface area contributed by atoms with E-state index in [1.165, 1.54) is 6.07 Å². The zero-order valence-electron chi connectivity index (χ0n) is 12.2. The van der Waals surface area contributed by atoms with Crippen LogP contribution in [0, 0.1) is 0 Å². The lowest BCUT2D eigenvalue weighted by atomic mass is 9.91. The Balaban J connectivity index is 2.83. The van der Waals surface area contributed by atoms with Gasteiger partial charge in [0, 0.05) is 23.2 Å². The second-order valence-corrected chi connectivity index (χ2v) is 5.84. The van der Waals surface area contributed by atoms with Gasteiger partial charge in [-0.05, 0) is 19.1 Å². The number of hydrogen-bond donors (Lipinski definition) is 2. The highest BCUT2D eigenvalue weighted by molar-refractivity contribution is 6.29. The molecule has 1 aromatic heterocycles. The van der Waals surface area contributed by atoms with E-state index in [4.69, 9.17) is 11.6 Å². The van der Waals surface area contributed by atoms with Crippen molar-refractivity contribution in [2.75, 3.05) is 13.1 Å². The molecule has 6 heteroatoms. The van der Waals surface area contributed by atoms with Crippen molar-refractivity contribution in [1.82, 2.24) is 15.6 Å². The average Bonchev–Trinajstić information content (AvgIpc) is 2.34. The lowest BCUT2D eigenvalue weighted by Crippen LogP contribution is -2.36. The maximum Gasteiger partial charge on any atom is 0.251 e. The zero-order chi connectivity index (χ0) is 15.3. The van der Waals surface area contributed by atoms with Crippen LogP contribution in [0.5, 0.6) is 0 Å². The van der Waals surface area contributed by atoms with Gasteiger partial charge in [0.15, 0.2) is 0 Å². The second-order valence-electron chi connectivity index (χ2n) is 5.45. The highest BCUT2D eigenvalue weighted by atomic mass is 35.5. The van der Waals surface area contributed by atoms with E-state index in [-0.39, 0.29) is 28.9 Å². The summed E-state index contributed by atoms with van der Waals surface area (Å²) < 4.78 is 0. The minimum Gasteiger partial charge on any atom is -0.355 e. The van der Waals surface area contributed by atoms with E-state index in [1.807, 2.05) is 27.7 Å². The molecule has 0 bridgehead atoms. The van der Waals surface area contributed by atoms with Crippen LogP contribution in [0.2, 0.25) is 5.15 Å². The van der Waals surface area contributed by atoms with Gasteiger partial charge >= 0.3 is 0 Å². The maximum absolute atomic E-state index is 12.0. The number of likely N-dealkylation sites (N-methyl/N-ethyl adjacent to an activating group) is 1.